The number of fused-ring (bicyclic) bond motifs is 2. The van der Waals surface area contributed by atoms with Crippen molar-refractivity contribution in [2.75, 3.05) is 0 Å². The van der Waals surface area contributed by atoms with Crippen LogP contribution >= 0.6 is 0 Å². The standard InChI is InChI=1S/C12H16N4/c1-3-13-9-7-11(9)15-5-2-6-16-12-8-10(12)14-4-1/h1-6,9-13,16H,7-8H2/b3-1+,6-2?,14-4?,15-5?/t9-,10+,11-,12+/m0/s1. The van der Waals surface area contributed by atoms with Crippen molar-refractivity contribution < 1.29 is 0 Å². The van der Waals surface area contributed by atoms with Gasteiger partial charge in [0.1, 0.15) is 0 Å². The van der Waals surface area contributed by atoms with Crippen molar-refractivity contribution >= 4 is 12.4 Å². The predicted molar refractivity (Wildman–Crippen MR) is 65.9 cm³/mol. The van der Waals surface area contributed by atoms with Crippen LogP contribution in [0.1, 0.15) is 12.8 Å². The van der Waals surface area contributed by atoms with Crippen LogP contribution in [0.4, 0.5) is 0 Å². The maximum atomic E-state index is 4.44. The van der Waals surface area contributed by atoms with Crippen molar-refractivity contribution in [3.63, 3.8) is 0 Å². The summed E-state index contributed by atoms with van der Waals surface area (Å²) < 4.78 is 0. The lowest BCUT2D eigenvalue weighted by atomic mass is 10.5. The fourth-order valence-corrected chi connectivity index (χ4v) is 1.82. The van der Waals surface area contributed by atoms with Gasteiger partial charge < -0.3 is 10.6 Å². The number of hydrogen-bond acceptors (Lipinski definition) is 4. The van der Waals surface area contributed by atoms with Gasteiger partial charge in [-0.2, -0.15) is 0 Å². The first-order chi connectivity index (χ1) is 7.93. The molecule has 2 aliphatic carbocycles. The Bertz CT molecular complexity index is 333. The molecule has 0 amide bonds. The van der Waals surface area contributed by atoms with E-state index in [1.807, 2.05) is 37.0 Å². The van der Waals surface area contributed by atoms with Gasteiger partial charge in [0, 0.05) is 12.4 Å². The number of rotatable bonds is 0. The highest BCUT2D eigenvalue weighted by Crippen LogP contribution is 2.26. The first-order valence-corrected chi connectivity index (χ1v) is 5.82. The van der Waals surface area contributed by atoms with Crippen molar-refractivity contribution in [2.24, 2.45) is 9.98 Å². The van der Waals surface area contributed by atoms with E-state index in [2.05, 4.69) is 20.6 Å². The first kappa shape index (κ1) is 9.63. The zero-order valence-corrected chi connectivity index (χ0v) is 9.08. The summed E-state index contributed by atoms with van der Waals surface area (Å²) >= 11 is 0. The molecule has 0 spiro atoms. The summed E-state index contributed by atoms with van der Waals surface area (Å²) in [4.78, 5) is 8.88. The summed E-state index contributed by atoms with van der Waals surface area (Å²) in [6.07, 6.45) is 13.9. The third-order valence-corrected chi connectivity index (χ3v) is 3.05. The third-order valence-electron chi connectivity index (χ3n) is 3.05. The molecule has 3 aliphatic rings. The molecule has 2 N–H and O–H groups in total. The lowest BCUT2D eigenvalue weighted by Crippen LogP contribution is -2.12. The van der Waals surface area contributed by atoms with Gasteiger partial charge in [0.05, 0.1) is 24.2 Å². The summed E-state index contributed by atoms with van der Waals surface area (Å²) in [6, 6.07) is 1.92. The van der Waals surface area contributed by atoms with Crippen LogP contribution in [-0.2, 0) is 0 Å². The van der Waals surface area contributed by atoms with Crippen LogP contribution < -0.4 is 10.6 Å². The Hall–Kier alpha value is -1.58. The molecule has 0 radical (unpaired) electrons. The van der Waals surface area contributed by atoms with Crippen LogP contribution in [-0.4, -0.2) is 36.6 Å². The summed E-state index contributed by atoms with van der Waals surface area (Å²) in [5, 5.41) is 6.63. The predicted octanol–water partition coefficient (Wildman–Crippen LogP) is 0.630. The fraction of sp³-hybridized carbons (Fsp3) is 0.500. The minimum absolute atomic E-state index is 0.447. The molecule has 0 unspecified atom stereocenters. The van der Waals surface area contributed by atoms with Crippen molar-refractivity contribution in [2.45, 2.75) is 37.0 Å². The quantitative estimate of drug-likeness (QED) is 0.624. The monoisotopic (exact) mass is 216 g/mol. The third kappa shape index (κ3) is 2.32. The first-order valence-electron chi connectivity index (χ1n) is 5.82. The van der Waals surface area contributed by atoms with Gasteiger partial charge in [0.15, 0.2) is 0 Å². The van der Waals surface area contributed by atoms with E-state index in [1.165, 1.54) is 0 Å². The van der Waals surface area contributed by atoms with Crippen molar-refractivity contribution in [1.29, 1.82) is 0 Å². The zero-order valence-electron chi connectivity index (χ0n) is 9.08. The normalized spacial score (nSPS) is 42.0. The minimum Gasteiger partial charge on any atom is -0.386 e. The van der Waals surface area contributed by atoms with Crippen molar-refractivity contribution in [3.05, 3.63) is 24.6 Å². The fourth-order valence-electron chi connectivity index (χ4n) is 1.82. The molecular weight excluding hydrogens is 200 g/mol. The number of hydrogen-bond donors (Lipinski definition) is 2. The van der Waals surface area contributed by atoms with Crippen LogP contribution in [0.15, 0.2) is 34.5 Å². The molecule has 1 heterocycles. The van der Waals surface area contributed by atoms with E-state index in [0.29, 0.717) is 24.2 Å². The number of nitrogens with zero attached hydrogens (tertiary/aromatic N) is 2. The van der Waals surface area contributed by atoms with Crippen molar-refractivity contribution in [3.8, 4) is 0 Å². The van der Waals surface area contributed by atoms with Crippen LogP contribution in [0.5, 0.6) is 0 Å². The highest BCUT2D eigenvalue weighted by molar-refractivity contribution is 5.72. The summed E-state index contributed by atoms with van der Waals surface area (Å²) in [7, 11) is 0. The summed E-state index contributed by atoms with van der Waals surface area (Å²) in [5.41, 5.74) is 0. The Balaban J connectivity index is 1.63. The Labute approximate surface area is 95.2 Å². The number of aliphatic imine (C=N–C) groups is 2. The second-order valence-corrected chi connectivity index (χ2v) is 4.47. The number of nitrogens with one attached hydrogen (secondary N) is 2. The molecule has 2 saturated carbocycles. The average molecular weight is 216 g/mol. The molecule has 4 heteroatoms. The van der Waals surface area contributed by atoms with Crippen LogP contribution in [0.3, 0.4) is 0 Å². The van der Waals surface area contributed by atoms with Crippen molar-refractivity contribution in [1.82, 2.24) is 10.6 Å². The van der Waals surface area contributed by atoms with Gasteiger partial charge in [-0.25, -0.2) is 0 Å². The second kappa shape index (κ2) is 4.12. The van der Waals surface area contributed by atoms with Gasteiger partial charge in [-0.15, -0.1) is 0 Å². The Morgan fingerprint density at radius 1 is 0.812 bits per heavy atom. The van der Waals surface area contributed by atoms with Gasteiger partial charge in [0.2, 0.25) is 0 Å². The van der Waals surface area contributed by atoms with Gasteiger partial charge in [0.25, 0.3) is 0 Å². The lowest BCUT2D eigenvalue weighted by molar-refractivity contribution is 0.817. The highest BCUT2D eigenvalue weighted by atomic mass is 15.1. The Kier molecular flexibility index (Phi) is 2.48. The molecule has 16 heavy (non-hydrogen) atoms. The SMILES string of the molecule is C1=CN[C@@H]2C[C@H]2N=C/C=C/N[C@H]2C[C@@H]2N=C1. The zero-order chi connectivity index (χ0) is 10.8. The molecule has 0 saturated heterocycles. The van der Waals surface area contributed by atoms with E-state index in [-0.39, 0.29) is 0 Å². The van der Waals surface area contributed by atoms with E-state index in [9.17, 15) is 0 Å². The van der Waals surface area contributed by atoms with Gasteiger partial charge >= 0.3 is 0 Å². The van der Waals surface area contributed by atoms with E-state index in [4.69, 9.17) is 0 Å². The topological polar surface area (TPSA) is 48.8 Å². The van der Waals surface area contributed by atoms with Gasteiger partial charge in [-0.05, 0) is 37.4 Å². The van der Waals surface area contributed by atoms with E-state index < -0.39 is 0 Å². The molecule has 0 aromatic carbocycles. The number of allylic oxidation sites excluding steroid dienone is 2. The molecule has 0 aromatic heterocycles. The maximum Gasteiger partial charge on any atom is 0.0721 e. The van der Waals surface area contributed by atoms with E-state index in [1.54, 1.807) is 0 Å². The van der Waals surface area contributed by atoms with Crippen LogP contribution in [0, 0.1) is 0 Å². The van der Waals surface area contributed by atoms with E-state index in [0.717, 1.165) is 12.8 Å². The molecule has 4 atom stereocenters. The largest absolute Gasteiger partial charge is 0.386 e. The minimum atomic E-state index is 0.447. The second-order valence-electron chi connectivity index (χ2n) is 4.47. The molecule has 3 rings (SSSR count). The Morgan fingerprint density at radius 2 is 1.31 bits per heavy atom. The highest BCUT2D eigenvalue weighted by Gasteiger charge is 2.36. The Morgan fingerprint density at radius 3 is 1.81 bits per heavy atom. The molecule has 2 fully saturated rings. The average Bonchev–Trinajstić information content (AvgIpc) is 3.15. The van der Waals surface area contributed by atoms with Gasteiger partial charge in [-0.1, -0.05) is 0 Å². The summed E-state index contributed by atoms with van der Waals surface area (Å²) in [6.45, 7) is 0. The summed E-state index contributed by atoms with van der Waals surface area (Å²) in [5.74, 6) is 0. The smallest absolute Gasteiger partial charge is 0.0721 e. The van der Waals surface area contributed by atoms with Crippen LogP contribution in [0.25, 0.3) is 0 Å². The lowest BCUT2D eigenvalue weighted by Gasteiger charge is -1.96. The van der Waals surface area contributed by atoms with Gasteiger partial charge in [-0.3, -0.25) is 9.98 Å². The molecule has 0 bridgehead atoms. The molecule has 4 nitrogen and oxygen atoms in total. The maximum absolute atomic E-state index is 4.44. The molecular formula is C12H16N4. The van der Waals surface area contributed by atoms with Crippen LogP contribution in [0.2, 0.25) is 0 Å². The molecule has 0 aromatic rings. The molecule has 1 aliphatic heterocycles. The molecule has 84 valence electrons. The van der Waals surface area contributed by atoms with E-state index >= 15 is 0 Å².